The van der Waals surface area contributed by atoms with Gasteiger partial charge in [-0.05, 0) is 44.4 Å². The predicted molar refractivity (Wildman–Crippen MR) is 88.1 cm³/mol. The number of fused-ring (bicyclic) bond motifs is 2. The molecule has 2 heterocycles. The zero-order chi connectivity index (χ0) is 17.1. The maximum absolute atomic E-state index is 14.5. The first kappa shape index (κ1) is 15.1. The molecule has 0 bridgehead atoms. The lowest BCUT2D eigenvalue weighted by atomic mass is 9.65. The lowest BCUT2D eigenvalue weighted by Gasteiger charge is -2.39. The molecular formula is C19H18FNO3. The lowest BCUT2D eigenvalue weighted by molar-refractivity contribution is 0.0974. The molecule has 24 heavy (non-hydrogen) atoms. The Hall–Kier alpha value is -2.43. The minimum Gasteiger partial charge on any atom is -0.427 e. The highest BCUT2D eigenvalue weighted by molar-refractivity contribution is 6.09. The lowest BCUT2D eigenvalue weighted by Crippen LogP contribution is -2.42. The molecule has 1 aliphatic heterocycles. The average Bonchev–Trinajstić information content (AvgIpc) is 2.83. The van der Waals surface area contributed by atoms with Gasteiger partial charge in [0.15, 0.2) is 0 Å². The first-order chi connectivity index (χ1) is 11.4. The molecule has 0 atom stereocenters. The van der Waals surface area contributed by atoms with Crippen molar-refractivity contribution in [3.05, 3.63) is 63.0 Å². The van der Waals surface area contributed by atoms with E-state index in [9.17, 15) is 14.0 Å². The third kappa shape index (κ3) is 1.97. The molecule has 1 fully saturated rings. The van der Waals surface area contributed by atoms with Crippen molar-refractivity contribution in [2.75, 3.05) is 11.4 Å². The van der Waals surface area contributed by atoms with Crippen molar-refractivity contribution < 1.29 is 13.6 Å². The number of amides is 1. The van der Waals surface area contributed by atoms with E-state index in [1.54, 1.807) is 30.9 Å². The minimum atomic E-state index is -0.468. The molecule has 1 aromatic heterocycles. The molecule has 0 N–H and O–H groups in total. The van der Waals surface area contributed by atoms with Crippen LogP contribution >= 0.6 is 0 Å². The van der Waals surface area contributed by atoms with Gasteiger partial charge in [-0.25, -0.2) is 9.18 Å². The minimum absolute atomic E-state index is 0.232. The molecule has 2 aliphatic rings. The molecule has 4 nitrogen and oxygen atoms in total. The molecule has 1 aromatic carbocycles. The van der Waals surface area contributed by atoms with Crippen molar-refractivity contribution in [2.45, 2.75) is 38.5 Å². The monoisotopic (exact) mass is 327 g/mol. The molecule has 1 spiro atoms. The summed E-state index contributed by atoms with van der Waals surface area (Å²) >= 11 is 0. The van der Waals surface area contributed by atoms with Crippen molar-refractivity contribution in [1.82, 2.24) is 0 Å². The van der Waals surface area contributed by atoms with Crippen LogP contribution in [0.5, 0.6) is 0 Å². The largest absolute Gasteiger partial charge is 0.427 e. The quantitative estimate of drug-likeness (QED) is 0.806. The van der Waals surface area contributed by atoms with Gasteiger partial charge in [0.05, 0.1) is 11.3 Å². The molecule has 1 aliphatic carbocycles. The Labute approximate surface area is 138 Å². The second kappa shape index (κ2) is 5.03. The zero-order valence-electron chi connectivity index (χ0n) is 13.7. The van der Waals surface area contributed by atoms with Crippen LogP contribution in [0, 0.1) is 19.7 Å². The van der Waals surface area contributed by atoms with E-state index >= 15 is 0 Å². The average molecular weight is 327 g/mol. The first-order valence-electron chi connectivity index (χ1n) is 8.15. The van der Waals surface area contributed by atoms with Gasteiger partial charge in [-0.3, -0.25) is 4.79 Å². The van der Waals surface area contributed by atoms with Gasteiger partial charge >= 0.3 is 5.63 Å². The van der Waals surface area contributed by atoms with E-state index in [4.69, 9.17) is 4.42 Å². The van der Waals surface area contributed by atoms with Gasteiger partial charge in [-0.1, -0.05) is 12.5 Å². The zero-order valence-corrected chi connectivity index (χ0v) is 13.7. The Morgan fingerprint density at radius 2 is 2.04 bits per heavy atom. The third-order valence-electron chi connectivity index (χ3n) is 5.38. The van der Waals surface area contributed by atoms with Gasteiger partial charge in [0.1, 0.15) is 11.6 Å². The molecular weight excluding hydrogens is 309 g/mol. The third-order valence-corrected chi connectivity index (χ3v) is 5.38. The van der Waals surface area contributed by atoms with Gasteiger partial charge in [0.25, 0.3) is 5.91 Å². The van der Waals surface area contributed by atoms with Crippen molar-refractivity contribution in [3.63, 3.8) is 0 Å². The summed E-state index contributed by atoms with van der Waals surface area (Å²) in [6, 6.07) is 6.22. The highest BCUT2D eigenvalue weighted by Crippen LogP contribution is 2.53. The van der Waals surface area contributed by atoms with Crippen molar-refractivity contribution in [2.24, 2.45) is 0 Å². The Morgan fingerprint density at radius 1 is 1.29 bits per heavy atom. The van der Waals surface area contributed by atoms with Crippen LogP contribution in [0.3, 0.4) is 0 Å². The van der Waals surface area contributed by atoms with Gasteiger partial charge in [0, 0.05) is 23.6 Å². The molecule has 0 radical (unpaired) electrons. The number of aryl methyl sites for hydroxylation is 2. The molecule has 124 valence electrons. The van der Waals surface area contributed by atoms with Crippen LogP contribution in [-0.2, 0) is 5.41 Å². The number of carbonyl (C=O) groups is 1. The number of hydrogen-bond acceptors (Lipinski definition) is 3. The fourth-order valence-corrected chi connectivity index (χ4v) is 4.13. The van der Waals surface area contributed by atoms with Crippen LogP contribution in [0.25, 0.3) is 0 Å². The maximum Gasteiger partial charge on any atom is 0.336 e. The number of halogens is 1. The fraction of sp³-hybridized carbons (Fsp3) is 0.368. The standard InChI is InChI=1S/C19H18FNO3/c1-11-9-15(22)24-12(2)16(11)18(23)21-10-19(7-4-8-19)17-13(20)5-3-6-14(17)21/h3,5-6,9H,4,7-8,10H2,1-2H3. The number of benzene rings is 1. The summed E-state index contributed by atoms with van der Waals surface area (Å²) < 4.78 is 19.6. The van der Waals surface area contributed by atoms with Crippen molar-refractivity contribution in [3.8, 4) is 0 Å². The van der Waals surface area contributed by atoms with Crippen LogP contribution in [0.2, 0.25) is 0 Å². The van der Waals surface area contributed by atoms with Crippen LogP contribution in [0.4, 0.5) is 10.1 Å². The number of rotatable bonds is 1. The first-order valence-corrected chi connectivity index (χ1v) is 8.15. The molecule has 5 heteroatoms. The molecule has 1 saturated carbocycles. The summed E-state index contributed by atoms with van der Waals surface area (Å²) in [6.45, 7) is 3.82. The number of carbonyl (C=O) groups excluding carboxylic acids is 1. The molecule has 1 amide bonds. The highest BCUT2D eigenvalue weighted by atomic mass is 19.1. The summed E-state index contributed by atoms with van der Waals surface area (Å²) in [5.74, 6) is -0.169. The van der Waals surface area contributed by atoms with E-state index in [2.05, 4.69) is 0 Å². The van der Waals surface area contributed by atoms with Gasteiger partial charge in [0.2, 0.25) is 0 Å². The van der Waals surface area contributed by atoms with Crippen LogP contribution in [0.15, 0.2) is 33.5 Å². The summed E-state index contributed by atoms with van der Waals surface area (Å²) in [7, 11) is 0. The summed E-state index contributed by atoms with van der Waals surface area (Å²) in [5, 5.41) is 0. The van der Waals surface area contributed by atoms with Crippen LogP contribution < -0.4 is 10.5 Å². The maximum atomic E-state index is 14.5. The smallest absolute Gasteiger partial charge is 0.336 e. The topological polar surface area (TPSA) is 50.5 Å². The van der Waals surface area contributed by atoms with E-state index in [1.165, 1.54) is 12.1 Å². The van der Waals surface area contributed by atoms with Gasteiger partial charge < -0.3 is 9.32 Å². The van der Waals surface area contributed by atoms with Crippen molar-refractivity contribution in [1.29, 1.82) is 0 Å². The molecule has 2 aromatic rings. The van der Waals surface area contributed by atoms with E-state index < -0.39 is 5.63 Å². The fourth-order valence-electron chi connectivity index (χ4n) is 4.13. The van der Waals surface area contributed by atoms with Crippen molar-refractivity contribution >= 4 is 11.6 Å². The van der Waals surface area contributed by atoms with E-state index in [1.807, 2.05) is 0 Å². The number of hydrogen-bond donors (Lipinski definition) is 0. The SMILES string of the molecule is Cc1cc(=O)oc(C)c1C(=O)N1CC2(CCC2)c2c(F)cccc21. The Morgan fingerprint density at radius 3 is 2.67 bits per heavy atom. The van der Waals surface area contributed by atoms with E-state index in [0.717, 1.165) is 19.3 Å². The second-order valence-electron chi connectivity index (χ2n) is 6.84. The van der Waals surface area contributed by atoms with Crippen LogP contribution in [-0.4, -0.2) is 12.5 Å². The van der Waals surface area contributed by atoms with E-state index in [-0.39, 0.29) is 17.1 Å². The van der Waals surface area contributed by atoms with Gasteiger partial charge in [-0.15, -0.1) is 0 Å². The van der Waals surface area contributed by atoms with Gasteiger partial charge in [-0.2, -0.15) is 0 Å². The second-order valence-corrected chi connectivity index (χ2v) is 6.84. The summed E-state index contributed by atoms with van der Waals surface area (Å²) in [5.41, 5.74) is 1.56. The molecule has 0 unspecified atom stereocenters. The molecule has 4 rings (SSSR count). The Kier molecular flexibility index (Phi) is 3.17. The van der Waals surface area contributed by atoms with Crippen LogP contribution in [0.1, 0.15) is 46.5 Å². The summed E-state index contributed by atoms with van der Waals surface area (Å²) in [4.78, 5) is 26.3. The molecule has 0 saturated heterocycles. The Bertz CT molecular complexity index is 885. The highest BCUT2D eigenvalue weighted by Gasteiger charge is 2.50. The van der Waals surface area contributed by atoms with E-state index in [0.29, 0.717) is 34.7 Å². The number of nitrogens with zero attached hydrogens (tertiary/aromatic N) is 1. The predicted octanol–water partition coefficient (Wildman–Crippen LogP) is 3.48. The Balaban J connectivity index is 1.84. The summed E-state index contributed by atoms with van der Waals surface area (Å²) in [6.07, 6.45) is 2.84. The number of anilines is 1. The normalized spacial score (nSPS) is 17.7.